The maximum Gasteiger partial charge on any atom is 0.243 e. The number of benzene rings is 1. The number of fused-ring (bicyclic) bond motifs is 1. The summed E-state index contributed by atoms with van der Waals surface area (Å²) in [7, 11) is -3.87. The minimum absolute atomic E-state index is 0.0430. The minimum Gasteiger partial charge on any atom is -0.398 e. The number of nitrogens with one attached hydrogen (secondary N) is 1. The number of carbonyl (C=O) groups is 1. The van der Waals surface area contributed by atoms with Gasteiger partial charge in [-0.2, -0.15) is 0 Å². The van der Waals surface area contributed by atoms with E-state index in [4.69, 9.17) is 11.5 Å². The van der Waals surface area contributed by atoms with Gasteiger partial charge in [0.25, 0.3) is 0 Å². The predicted molar refractivity (Wildman–Crippen MR) is 70.5 cm³/mol. The van der Waals surface area contributed by atoms with Gasteiger partial charge in [0.15, 0.2) is 0 Å². The topological polar surface area (TPSA) is 128 Å². The molecule has 1 amide bonds. The van der Waals surface area contributed by atoms with E-state index in [1.807, 2.05) is 0 Å². The van der Waals surface area contributed by atoms with Crippen LogP contribution in [0.15, 0.2) is 35.4 Å². The summed E-state index contributed by atoms with van der Waals surface area (Å²) in [5, 5.41) is 0.532. The van der Waals surface area contributed by atoms with Crippen molar-refractivity contribution in [2.24, 2.45) is 5.73 Å². The molecule has 0 aliphatic rings. The number of carbonyl (C=O) groups excluding carboxylic acids is 1. The predicted octanol–water partition coefficient (Wildman–Crippen LogP) is -0.419. The Morgan fingerprint density at radius 2 is 2.05 bits per heavy atom. The van der Waals surface area contributed by atoms with Gasteiger partial charge in [0.1, 0.15) is 4.90 Å². The van der Waals surface area contributed by atoms with Gasteiger partial charge in [-0.05, 0) is 24.3 Å². The second kappa shape index (κ2) is 4.82. The number of hydrogen-bond donors (Lipinski definition) is 3. The molecule has 5 N–H and O–H groups in total. The van der Waals surface area contributed by atoms with E-state index in [1.165, 1.54) is 18.3 Å². The molecule has 0 aliphatic heterocycles. The van der Waals surface area contributed by atoms with Crippen molar-refractivity contribution in [1.29, 1.82) is 0 Å². The number of primary amides is 1. The van der Waals surface area contributed by atoms with Gasteiger partial charge < -0.3 is 11.5 Å². The molecule has 1 aromatic heterocycles. The second-order valence-corrected chi connectivity index (χ2v) is 5.58. The van der Waals surface area contributed by atoms with Crippen LogP contribution >= 0.6 is 0 Å². The summed E-state index contributed by atoms with van der Waals surface area (Å²) in [4.78, 5) is 14.6. The molecule has 2 aromatic rings. The highest BCUT2D eigenvalue weighted by Gasteiger charge is 2.19. The van der Waals surface area contributed by atoms with Crippen molar-refractivity contribution in [3.63, 3.8) is 0 Å². The van der Waals surface area contributed by atoms with Crippen molar-refractivity contribution in [1.82, 2.24) is 9.71 Å². The molecular weight excluding hydrogens is 268 g/mol. The fourth-order valence-electron chi connectivity index (χ4n) is 1.63. The summed E-state index contributed by atoms with van der Waals surface area (Å²) in [5.41, 5.74) is 11.4. The van der Waals surface area contributed by atoms with E-state index in [-0.39, 0.29) is 10.4 Å². The molecule has 7 nitrogen and oxygen atoms in total. The molecule has 8 heteroatoms. The van der Waals surface area contributed by atoms with Crippen LogP contribution in [0.25, 0.3) is 10.9 Å². The third-order valence-electron chi connectivity index (χ3n) is 2.49. The molecule has 100 valence electrons. The SMILES string of the molecule is NC(=O)CNS(=O)(=O)c1ccc(N)c2cccnc12. The number of hydrogen-bond acceptors (Lipinski definition) is 5. The van der Waals surface area contributed by atoms with E-state index in [2.05, 4.69) is 9.71 Å². The highest BCUT2D eigenvalue weighted by atomic mass is 32.2. The molecule has 0 atom stereocenters. The summed E-state index contributed by atoms with van der Waals surface area (Å²) in [5.74, 6) is -0.767. The highest BCUT2D eigenvalue weighted by molar-refractivity contribution is 7.89. The smallest absolute Gasteiger partial charge is 0.243 e. The van der Waals surface area contributed by atoms with Gasteiger partial charge in [-0.25, -0.2) is 13.1 Å². The quantitative estimate of drug-likeness (QED) is 0.655. The fourth-order valence-corrected chi connectivity index (χ4v) is 2.78. The molecule has 1 heterocycles. The first-order valence-corrected chi connectivity index (χ1v) is 6.81. The standard InChI is InChI=1S/C11H12N4O3S/c12-8-3-4-9(11-7(8)2-1-5-14-11)19(17,18)15-6-10(13)16/h1-5,15H,6,12H2,(H2,13,16). The van der Waals surface area contributed by atoms with Gasteiger partial charge in [0.05, 0.1) is 12.1 Å². The largest absolute Gasteiger partial charge is 0.398 e. The van der Waals surface area contributed by atoms with Crippen LogP contribution in [0, 0.1) is 0 Å². The number of pyridine rings is 1. The van der Waals surface area contributed by atoms with Crippen LogP contribution in [-0.2, 0) is 14.8 Å². The molecular formula is C11H12N4O3S. The summed E-state index contributed by atoms with van der Waals surface area (Å²) in [6.07, 6.45) is 1.47. The van der Waals surface area contributed by atoms with E-state index < -0.39 is 22.5 Å². The van der Waals surface area contributed by atoms with Crippen molar-refractivity contribution in [3.8, 4) is 0 Å². The summed E-state index contributed by atoms with van der Waals surface area (Å²) >= 11 is 0. The maximum absolute atomic E-state index is 12.1. The lowest BCUT2D eigenvalue weighted by atomic mass is 10.2. The van der Waals surface area contributed by atoms with E-state index in [0.717, 1.165) is 0 Å². The number of nitrogen functional groups attached to an aromatic ring is 1. The molecule has 0 saturated carbocycles. The number of anilines is 1. The first-order valence-electron chi connectivity index (χ1n) is 5.33. The molecule has 0 radical (unpaired) electrons. The number of sulfonamides is 1. The molecule has 0 saturated heterocycles. The van der Waals surface area contributed by atoms with Crippen molar-refractivity contribution >= 4 is 32.5 Å². The molecule has 0 unspecified atom stereocenters. The second-order valence-electron chi connectivity index (χ2n) is 3.84. The molecule has 0 spiro atoms. The Morgan fingerprint density at radius 3 is 2.74 bits per heavy atom. The monoisotopic (exact) mass is 280 g/mol. The minimum atomic E-state index is -3.87. The van der Waals surface area contributed by atoms with Gasteiger partial charge in [0, 0.05) is 17.3 Å². The van der Waals surface area contributed by atoms with Crippen LogP contribution in [0.1, 0.15) is 0 Å². The van der Waals surface area contributed by atoms with Crippen LogP contribution < -0.4 is 16.2 Å². The zero-order chi connectivity index (χ0) is 14.0. The fraction of sp³-hybridized carbons (Fsp3) is 0.0909. The first-order chi connectivity index (χ1) is 8.92. The molecule has 1 aromatic carbocycles. The lowest BCUT2D eigenvalue weighted by Gasteiger charge is -2.09. The van der Waals surface area contributed by atoms with Crippen LogP contribution in [0.2, 0.25) is 0 Å². The van der Waals surface area contributed by atoms with E-state index >= 15 is 0 Å². The Morgan fingerprint density at radius 1 is 1.32 bits per heavy atom. The summed E-state index contributed by atoms with van der Waals surface area (Å²) in [6, 6.07) is 6.15. The number of aromatic nitrogens is 1. The first kappa shape index (κ1) is 13.2. The third kappa shape index (κ3) is 2.64. The molecule has 0 aliphatic carbocycles. The number of nitrogens with zero attached hydrogens (tertiary/aromatic N) is 1. The van der Waals surface area contributed by atoms with Crippen molar-refractivity contribution in [2.75, 3.05) is 12.3 Å². The maximum atomic E-state index is 12.1. The number of nitrogens with two attached hydrogens (primary N) is 2. The van der Waals surface area contributed by atoms with E-state index in [9.17, 15) is 13.2 Å². The Bertz CT molecular complexity index is 743. The number of amides is 1. The van der Waals surface area contributed by atoms with Crippen LogP contribution in [0.3, 0.4) is 0 Å². The van der Waals surface area contributed by atoms with Crippen LogP contribution in [0.5, 0.6) is 0 Å². The third-order valence-corrected chi connectivity index (χ3v) is 3.93. The Labute approximate surface area is 109 Å². The van der Waals surface area contributed by atoms with Crippen molar-refractivity contribution < 1.29 is 13.2 Å². The Hall–Kier alpha value is -2.19. The highest BCUT2D eigenvalue weighted by Crippen LogP contribution is 2.25. The molecule has 0 fully saturated rings. The zero-order valence-corrected chi connectivity index (χ0v) is 10.6. The van der Waals surface area contributed by atoms with Gasteiger partial charge in [-0.15, -0.1) is 0 Å². The average Bonchev–Trinajstić information content (AvgIpc) is 2.37. The van der Waals surface area contributed by atoms with Crippen molar-refractivity contribution in [2.45, 2.75) is 4.90 Å². The average molecular weight is 280 g/mol. The lowest BCUT2D eigenvalue weighted by Crippen LogP contribution is -2.33. The summed E-state index contributed by atoms with van der Waals surface area (Å²) < 4.78 is 26.2. The number of rotatable bonds is 4. The van der Waals surface area contributed by atoms with Gasteiger partial charge in [0.2, 0.25) is 15.9 Å². The van der Waals surface area contributed by atoms with Gasteiger partial charge in [-0.1, -0.05) is 0 Å². The Kier molecular flexibility index (Phi) is 3.36. The molecule has 0 bridgehead atoms. The lowest BCUT2D eigenvalue weighted by molar-refractivity contribution is -0.116. The van der Waals surface area contributed by atoms with Crippen LogP contribution in [-0.4, -0.2) is 25.9 Å². The van der Waals surface area contributed by atoms with Gasteiger partial charge in [-0.3, -0.25) is 9.78 Å². The van der Waals surface area contributed by atoms with E-state index in [1.54, 1.807) is 12.1 Å². The molecule has 19 heavy (non-hydrogen) atoms. The zero-order valence-electron chi connectivity index (χ0n) is 9.83. The molecule has 2 rings (SSSR count). The van der Waals surface area contributed by atoms with Crippen LogP contribution in [0.4, 0.5) is 5.69 Å². The van der Waals surface area contributed by atoms with Crippen molar-refractivity contribution in [3.05, 3.63) is 30.5 Å². The summed E-state index contributed by atoms with van der Waals surface area (Å²) in [6.45, 7) is -0.471. The Balaban J connectivity index is 2.57. The van der Waals surface area contributed by atoms with E-state index in [0.29, 0.717) is 11.1 Å². The van der Waals surface area contributed by atoms with Gasteiger partial charge >= 0.3 is 0 Å². The normalized spacial score (nSPS) is 11.6.